The van der Waals surface area contributed by atoms with Gasteiger partial charge in [-0.3, -0.25) is 4.79 Å². The summed E-state index contributed by atoms with van der Waals surface area (Å²) in [4.78, 5) is 14.6. The van der Waals surface area contributed by atoms with Crippen LogP contribution in [0, 0.1) is 0 Å². The third kappa shape index (κ3) is 0.939. The number of hydrogen-bond donors (Lipinski definition) is 1. The molecule has 1 unspecified atom stereocenters. The van der Waals surface area contributed by atoms with Crippen molar-refractivity contribution in [2.75, 3.05) is 0 Å². The molecule has 14 heavy (non-hydrogen) atoms. The van der Waals surface area contributed by atoms with Crippen LogP contribution >= 0.6 is 0 Å². The lowest BCUT2D eigenvalue weighted by Gasteiger charge is -2.23. The number of carbonyl (C=O) groups excluding carboxylic acids is 1. The van der Waals surface area contributed by atoms with Crippen molar-refractivity contribution in [1.82, 2.24) is 4.98 Å². The third-order valence-electron chi connectivity index (χ3n) is 3.06. The summed E-state index contributed by atoms with van der Waals surface area (Å²) in [5.74, 6) is 0.543. The molecule has 70 valence electrons. The molecule has 3 rings (SSSR count). The van der Waals surface area contributed by atoms with E-state index in [4.69, 9.17) is 0 Å². The standard InChI is InChI=1S/C12H11NO/c14-12-6-5-9(12)10-7-13-11-4-2-1-3-8(10)11/h1-4,7,9,13H,5-6H2. The topological polar surface area (TPSA) is 32.9 Å². The van der Waals surface area contributed by atoms with Crippen molar-refractivity contribution < 1.29 is 4.79 Å². The number of H-pyrrole nitrogens is 1. The van der Waals surface area contributed by atoms with Gasteiger partial charge in [0.15, 0.2) is 0 Å². The highest BCUT2D eigenvalue weighted by Crippen LogP contribution is 2.36. The summed E-state index contributed by atoms with van der Waals surface area (Å²) < 4.78 is 0. The first-order valence-corrected chi connectivity index (χ1v) is 4.95. The second kappa shape index (κ2) is 2.71. The van der Waals surface area contributed by atoms with Gasteiger partial charge < -0.3 is 4.98 Å². The molecule has 0 saturated heterocycles. The Labute approximate surface area is 81.9 Å². The van der Waals surface area contributed by atoms with E-state index in [2.05, 4.69) is 11.1 Å². The number of rotatable bonds is 1. The van der Waals surface area contributed by atoms with Gasteiger partial charge in [-0.25, -0.2) is 0 Å². The first-order valence-electron chi connectivity index (χ1n) is 4.95. The normalized spacial score (nSPS) is 21.1. The molecule has 1 atom stereocenters. The zero-order valence-corrected chi connectivity index (χ0v) is 7.79. The molecule has 0 amide bonds. The van der Waals surface area contributed by atoms with Gasteiger partial charge in [0.1, 0.15) is 5.78 Å². The number of Topliss-reactive ketones (excluding diaryl/α,β-unsaturated/α-hetero) is 1. The van der Waals surface area contributed by atoms with Gasteiger partial charge in [0.05, 0.1) is 0 Å². The Balaban J connectivity index is 2.17. The van der Waals surface area contributed by atoms with Crippen LogP contribution in [0.4, 0.5) is 0 Å². The van der Waals surface area contributed by atoms with Crippen LogP contribution in [0.5, 0.6) is 0 Å². The minimum Gasteiger partial charge on any atom is -0.361 e. The Kier molecular flexibility index (Phi) is 1.51. The van der Waals surface area contributed by atoms with Crippen molar-refractivity contribution in [3.05, 3.63) is 36.0 Å². The second-order valence-corrected chi connectivity index (χ2v) is 3.85. The molecule has 1 saturated carbocycles. The van der Waals surface area contributed by atoms with Crippen LogP contribution in [0.15, 0.2) is 30.5 Å². The van der Waals surface area contributed by atoms with Crippen molar-refractivity contribution in [1.29, 1.82) is 0 Å². The van der Waals surface area contributed by atoms with Crippen molar-refractivity contribution in [2.24, 2.45) is 0 Å². The number of para-hydroxylation sites is 1. The van der Waals surface area contributed by atoms with Crippen LogP contribution in [-0.2, 0) is 4.79 Å². The molecule has 1 aliphatic carbocycles. The number of aromatic nitrogens is 1. The fraction of sp³-hybridized carbons (Fsp3) is 0.250. The van der Waals surface area contributed by atoms with Gasteiger partial charge in [0.25, 0.3) is 0 Å². The molecule has 2 nitrogen and oxygen atoms in total. The van der Waals surface area contributed by atoms with Gasteiger partial charge in [0.2, 0.25) is 0 Å². The summed E-state index contributed by atoms with van der Waals surface area (Å²) in [7, 11) is 0. The Hall–Kier alpha value is -1.57. The van der Waals surface area contributed by atoms with Gasteiger partial charge in [-0.15, -0.1) is 0 Å². The van der Waals surface area contributed by atoms with E-state index in [0.717, 1.165) is 18.4 Å². The SMILES string of the molecule is O=C1CCC1c1c[nH]c2ccccc12. The predicted octanol–water partition coefficient (Wildman–Crippen LogP) is 2.61. The monoisotopic (exact) mass is 185 g/mol. The lowest BCUT2D eigenvalue weighted by atomic mass is 9.78. The smallest absolute Gasteiger partial charge is 0.140 e. The van der Waals surface area contributed by atoms with Crippen LogP contribution in [0.1, 0.15) is 24.3 Å². The molecule has 0 radical (unpaired) electrons. The quantitative estimate of drug-likeness (QED) is 0.727. The molecule has 1 aromatic carbocycles. The summed E-state index contributed by atoms with van der Waals surface area (Å²) in [6.45, 7) is 0. The van der Waals surface area contributed by atoms with Crippen molar-refractivity contribution in [3.63, 3.8) is 0 Å². The molecule has 0 bridgehead atoms. The van der Waals surface area contributed by atoms with E-state index in [9.17, 15) is 4.79 Å². The predicted molar refractivity (Wildman–Crippen MR) is 55.3 cm³/mol. The van der Waals surface area contributed by atoms with Crippen LogP contribution in [0.3, 0.4) is 0 Å². The van der Waals surface area contributed by atoms with E-state index in [1.165, 1.54) is 10.9 Å². The number of benzene rings is 1. The average Bonchev–Trinajstić information content (AvgIpc) is 2.60. The van der Waals surface area contributed by atoms with Crippen LogP contribution in [-0.4, -0.2) is 10.8 Å². The highest BCUT2D eigenvalue weighted by Gasteiger charge is 2.31. The largest absolute Gasteiger partial charge is 0.361 e. The first-order chi connectivity index (χ1) is 6.86. The highest BCUT2D eigenvalue weighted by atomic mass is 16.1. The summed E-state index contributed by atoms with van der Waals surface area (Å²) in [6.07, 6.45) is 3.75. The number of nitrogens with one attached hydrogen (secondary N) is 1. The van der Waals surface area contributed by atoms with Crippen molar-refractivity contribution in [3.8, 4) is 0 Å². The van der Waals surface area contributed by atoms with E-state index < -0.39 is 0 Å². The Morgan fingerprint density at radius 2 is 2.14 bits per heavy atom. The summed E-state index contributed by atoms with van der Waals surface area (Å²) >= 11 is 0. The Bertz CT molecular complexity index is 498. The third-order valence-corrected chi connectivity index (χ3v) is 3.06. The zero-order chi connectivity index (χ0) is 9.54. The van der Waals surface area contributed by atoms with Gasteiger partial charge in [-0.1, -0.05) is 18.2 Å². The molecule has 1 heterocycles. The Morgan fingerprint density at radius 1 is 1.29 bits per heavy atom. The average molecular weight is 185 g/mol. The fourth-order valence-electron chi connectivity index (χ4n) is 2.12. The number of fused-ring (bicyclic) bond motifs is 1. The minimum absolute atomic E-state index is 0.158. The number of hydrogen-bond acceptors (Lipinski definition) is 1. The van der Waals surface area contributed by atoms with Gasteiger partial charge in [0, 0.05) is 29.4 Å². The maximum atomic E-state index is 11.4. The van der Waals surface area contributed by atoms with E-state index >= 15 is 0 Å². The van der Waals surface area contributed by atoms with Crippen molar-refractivity contribution >= 4 is 16.7 Å². The van der Waals surface area contributed by atoms with Crippen LogP contribution in [0.2, 0.25) is 0 Å². The van der Waals surface area contributed by atoms with Crippen LogP contribution < -0.4 is 0 Å². The molecule has 1 N–H and O–H groups in total. The molecule has 2 aromatic rings. The zero-order valence-electron chi connectivity index (χ0n) is 7.79. The highest BCUT2D eigenvalue weighted by molar-refractivity contribution is 5.96. The van der Waals surface area contributed by atoms with E-state index in [-0.39, 0.29) is 5.92 Å². The van der Waals surface area contributed by atoms with E-state index in [0.29, 0.717) is 5.78 Å². The van der Waals surface area contributed by atoms with E-state index in [1.54, 1.807) is 0 Å². The molecule has 0 aliphatic heterocycles. The maximum Gasteiger partial charge on any atom is 0.140 e. The first kappa shape index (κ1) is 7.80. The Morgan fingerprint density at radius 3 is 2.86 bits per heavy atom. The number of aromatic amines is 1. The molecule has 1 fully saturated rings. The molecular formula is C12H11NO. The summed E-state index contributed by atoms with van der Waals surface area (Å²) in [5.41, 5.74) is 2.30. The molecule has 2 heteroatoms. The summed E-state index contributed by atoms with van der Waals surface area (Å²) in [5, 5.41) is 1.20. The molecule has 1 aromatic heterocycles. The van der Waals surface area contributed by atoms with Crippen LogP contribution in [0.25, 0.3) is 10.9 Å². The lowest BCUT2D eigenvalue weighted by molar-refractivity contribution is -0.125. The lowest BCUT2D eigenvalue weighted by Crippen LogP contribution is -2.22. The fourth-order valence-corrected chi connectivity index (χ4v) is 2.12. The summed E-state index contributed by atoms with van der Waals surface area (Å²) in [6, 6.07) is 8.14. The van der Waals surface area contributed by atoms with Gasteiger partial charge in [-0.2, -0.15) is 0 Å². The minimum atomic E-state index is 0.158. The maximum absolute atomic E-state index is 11.4. The van der Waals surface area contributed by atoms with Gasteiger partial charge in [-0.05, 0) is 18.1 Å². The molecule has 1 aliphatic rings. The number of ketones is 1. The van der Waals surface area contributed by atoms with Gasteiger partial charge >= 0.3 is 0 Å². The number of carbonyl (C=O) groups is 1. The molecular weight excluding hydrogens is 174 g/mol. The van der Waals surface area contributed by atoms with Crippen molar-refractivity contribution in [2.45, 2.75) is 18.8 Å². The second-order valence-electron chi connectivity index (χ2n) is 3.85. The van der Waals surface area contributed by atoms with E-state index in [1.807, 2.05) is 24.4 Å². The molecule has 0 spiro atoms.